The van der Waals surface area contributed by atoms with Crippen LogP contribution in [0.1, 0.15) is 34.1 Å². The Bertz CT molecular complexity index is 232. The predicted octanol–water partition coefficient (Wildman–Crippen LogP) is 2.99. The highest BCUT2D eigenvalue weighted by Gasteiger charge is 2.37. The van der Waals surface area contributed by atoms with Crippen LogP contribution in [0.3, 0.4) is 0 Å². The summed E-state index contributed by atoms with van der Waals surface area (Å²) in [6.45, 7) is 8.21. The standard InChI is InChI=1S/C12H22O2Si/c1-6-10-12(5,11-13)14-15(7-2,8-3)9-4/h1,11H,7-10H2,2-5H3. The Hall–Kier alpha value is -0.593. The Morgan fingerprint density at radius 3 is 2.07 bits per heavy atom. The molecule has 0 fully saturated rings. The summed E-state index contributed by atoms with van der Waals surface area (Å²) in [6.07, 6.45) is 6.48. The van der Waals surface area contributed by atoms with Crippen molar-refractivity contribution in [2.75, 3.05) is 0 Å². The maximum Gasteiger partial charge on any atom is 0.193 e. The monoisotopic (exact) mass is 226 g/mol. The summed E-state index contributed by atoms with van der Waals surface area (Å²) in [6, 6.07) is 3.11. The molecular weight excluding hydrogens is 204 g/mol. The highest BCUT2D eigenvalue weighted by atomic mass is 28.4. The van der Waals surface area contributed by atoms with Crippen molar-refractivity contribution in [3.8, 4) is 12.3 Å². The minimum atomic E-state index is -1.74. The van der Waals surface area contributed by atoms with E-state index < -0.39 is 13.9 Å². The average Bonchev–Trinajstić information content (AvgIpc) is 2.27. The highest BCUT2D eigenvalue weighted by molar-refractivity contribution is 6.73. The van der Waals surface area contributed by atoms with Crippen LogP contribution < -0.4 is 0 Å². The Kier molecular flexibility index (Phi) is 5.85. The quantitative estimate of drug-likeness (QED) is 0.379. The Balaban J connectivity index is 4.77. The van der Waals surface area contributed by atoms with Gasteiger partial charge in [0.2, 0.25) is 0 Å². The Morgan fingerprint density at radius 1 is 1.33 bits per heavy atom. The lowest BCUT2D eigenvalue weighted by Crippen LogP contribution is -2.46. The molecule has 0 amide bonds. The average molecular weight is 226 g/mol. The van der Waals surface area contributed by atoms with Crippen LogP contribution in [0, 0.1) is 12.3 Å². The van der Waals surface area contributed by atoms with Crippen molar-refractivity contribution in [2.24, 2.45) is 0 Å². The summed E-state index contributed by atoms with van der Waals surface area (Å²) in [5.41, 5.74) is -0.775. The van der Waals surface area contributed by atoms with Gasteiger partial charge in [0, 0.05) is 6.42 Å². The van der Waals surface area contributed by atoms with Crippen LogP contribution in [-0.2, 0) is 9.22 Å². The first-order valence-electron chi connectivity index (χ1n) is 5.61. The Morgan fingerprint density at radius 2 is 1.80 bits per heavy atom. The SMILES string of the molecule is C#CCC(C)(C=O)O[Si](CC)(CC)CC. The lowest BCUT2D eigenvalue weighted by atomic mass is 10.1. The van der Waals surface area contributed by atoms with Crippen molar-refractivity contribution in [3.05, 3.63) is 0 Å². The highest BCUT2D eigenvalue weighted by Crippen LogP contribution is 2.28. The molecule has 0 aromatic rings. The molecule has 0 spiro atoms. The molecule has 86 valence electrons. The minimum Gasteiger partial charge on any atom is -0.404 e. The zero-order chi connectivity index (χ0) is 11.9. The van der Waals surface area contributed by atoms with Gasteiger partial charge in [0.25, 0.3) is 0 Å². The van der Waals surface area contributed by atoms with Crippen LogP contribution in [0.4, 0.5) is 0 Å². The van der Waals surface area contributed by atoms with E-state index in [0.717, 1.165) is 24.4 Å². The van der Waals surface area contributed by atoms with Crippen LogP contribution in [0.2, 0.25) is 18.1 Å². The van der Waals surface area contributed by atoms with Crippen LogP contribution >= 0.6 is 0 Å². The van der Waals surface area contributed by atoms with E-state index in [2.05, 4.69) is 26.7 Å². The van der Waals surface area contributed by atoms with E-state index >= 15 is 0 Å². The van der Waals surface area contributed by atoms with Gasteiger partial charge in [-0.15, -0.1) is 12.3 Å². The smallest absolute Gasteiger partial charge is 0.193 e. The summed E-state index contributed by atoms with van der Waals surface area (Å²) >= 11 is 0. The molecule has 0 aliphatic heterocycles. The number of carbonyl (C=O) groups is 1. The topological polar surface area (TPSA) is 26.3 Å². The number of aldehydes is 1. The maximum atomic E-state index is 11.0. The van der Waals surface area contributed by atoms with Crippen LogP contribution in [-0.4, -0.2) is 20.2 Å². The molecule has 2 nitrogen and oxygen atoms in total. The van der Waals surface area contributed by atoms with Crippen molar-refractivity contribution in [2.45, 2.75) is 57.8 Å². The molecule has 0 bridgehead atoms. The molecule has 0 radical (unpaired) electrons. The van der Waals surface area contributed by atoms with Gasteiger partial charge in [-0.3, -0.25) is 0 Å². The third kappa shape index (κ3) is 3.81. The molecule has 0 N–H and O–H groups in total. The van der Waals surface area contributed by atoms with Gasteiger partial charge in [-0.1, -0.05) is 20.8 Å². The van der Waals surface area contributed by atoms with E-state index in [1.54, 1.807) is 6.92 Å². The second kappa shape index (κ2) is 6.09. The molecule has 0 aromatic carbocycles. The molecule has 15 heavy (non-hydrogen) atoms. The van der Waals surface area contributed by atoms with Gasteiger partial charge in [0.1, 0.15) is 5.60 Å². The van der Waals surface area contributed by atoms with E-state index in [9.17, 15) is 4.79 Å². The lowest BCUT2D eigenvalue weighted by Gasteiger charge is -2.36. The van der Waals surface area contributed by atoms with Crippen molar-refractivity contribution < 1.29 is 9.22 Å². The summed E-state index contributed by atoms with van der Waals surface area (Å²) < 4.78 is 6.09. The molecule has 0 saturated carbocycles. The molecule has 0 aliphatic rings. The molecule has 1 atom stereocenters. The summed E-state index contributed by atoms with van der Waals surface area (Å²) in [5.74, 6) is 2.52. The van der Waals surface area contributed by atoms with E-state index in [1.165, 1.54) is 0 Å². The number of hydrogen-bond donors (Lipinski definition) is 0. The second-order valence-electron chi connectivity index (χ2n) is 4.16. The third-order valence-corrected chi connectivity index (χ3v) is 7.85. The molecule has 3 heteroatoms. The number of rotatable bonds is 7. The van der Waals surface area contributed by atoms with Crippen LogP contribution in [0.25, 0.3) is 0 Å². The Labute approximate surface area is 94.5 Å². The van der Waals surface area contributed by atoms with Gasteiger partial charge < -0.3 is 9.22 Å². The fourth-order valence-electron chi connectivity index (χ4n) is 1.77. The minimum absolute atomic E-state index is 0.366. The molecular formula is C12H22O2Si. The largest absolute Gasteiger partial charge is 0.404 e. The first kappa shape index (κ1) is 14.4. The first-order chi connectivity index (χ1) is 7.01. The van der Waals surface area contributed by atoms with Crippen molar-refractivity contribution in [1.82, 2.24) is 0 Å². The van der Waals surface area contributed by atoms with E-state index in [-0.39, 0.29) is 0 Å². The van der Waals surface area contributed by atoms with Gasteiger partial charge in [-0.05, 0) is 25.1 Å². The molecule has 1 unspecified atom stereocenters. The molecule has 0 rings (SSSR count). The van der Waals surface area contributed by atoms with E-state index in [0.29, 0.717) is 6.42 Å². The van der Waals surface area contributed by atoms with Gasteiger partial charge in [-0.25, -0.2) is 0 Å². The fraction of sp³-hybridized carbons (Fsp3) is 0.750. The van der Waals surface area contributed by atoms with E-state index in [4.69, 9.17) is 10.8 Å². The van der Waals surface area contributed by atoms with Gasteiger partial charge in [-0.2, -0.15) is 0 Å². The zero-order valence-corrected chi connectivity index (χ0v) is 11.3. The van der Waals surface area contributed by atoms with E-state index in [1.807, 2.05) is 0 Å². The molecule has 0 aliphatic carbocycles. The fourth-order valence-corrected chi connectivity index (χ4v) is 4.81. The third-order valence-electron chi connectivity index (χ3n) is 3.09. The normalized spacial score (nSPS) is 15.4. The summed E-state index contributed by atoms with van der Waals surface area (Å²) in [5, 5.41) is 0. The number of carbonyl (C=O) groups excluding carboxylic acids is 1. The van der Waals surface area contributed by atoms with Gasteiger partial charge in [0.05, 0.1) is 0 Å². The van der Waals surface area contributed by atoms with Gasteiger partial charge >= 0.3 is 0 Å². The molecule has 0 heterocycles. The van der Waals surface area contributed by atoms with Crippen LogP contribution in [0.15, 0.2) is 0 Å². The lowest BCUT2D eigenvalue weighted by molar-refractivity contribution is -0.120. The van der Waals surface area contributed by atoms with Crippen LogP contribution in [0.5, 0.6) is 0 Å². The van der Waals surface area contributed by atoms with Crippen molar-refractivity contribution in [1.29, 1.82) is 0 Å². The second-order valence-corrected chi connectivity index (χ2v) is 8.85. The summed E-state index contributed by atoms with van der Waals surface area (Å²) in [7, 11) is -1.74. The predicted molar refractivity (Wildman–Crippen MR) is 66.2 cm³/mol. The zero-order valence-electron chi connectivity index (χ0n) is 10.3. The van der Waals surface area contributed by atoms with Gasteiger partial charge in [0.15, 0.2) is 14.6 Å². The van der Waals surface area contributed by atoms with Crippen molar-refractivity contribution >= 4 is 14.6 Å². The molecule has 0 aromatic heterocycles. The first-order valence-corrected chi connectivity index (χ1v) is 8.14. The number of terminal acetylenes is 1. The number of hydrogen-bond acceptors (Lipinski definition) is 2. The molecule has 0 saturated heterocycles. The van der Waals surface area contributed by atoms with Crippen molar-refractivity contribution in [3.63, 3.8) is 0 Å². The summed E-state index contributed by atoms with van der Waals surface area (Å²) in [4.78, 5) is 11.0. The maximum absolute atomic E-state index is 11.0.